The Morgan fingerprint density at radius 1 is 1.09 bits per heavy atom. The van der Waals surface area contributed by atoms with Gasteiger partial charge in [0.25, 0.3) is 5.91 Å². The lowest BCUT2D eigenvalue weighted by Gasteiger charge is -2.41. The lowest BCUT2D eigenvalue weighted by molar-refractivity contribution is -0.135. The molecule has 7 nitrogen and oxygen atoms in total. The number of amides is 2. The van der Waals surface area contributed by atoms with E-state index in [1.165, 1.54) is 0 Å². The van der Waals surface area contributed by atoms with Crippen LogP contribution in [0.4, 0.5) is 5.69 Å². The number of ether oxygens (including phenoxy) is 2. The van der Waals surface area contributed by atoms with Gasteiger partial charge in [-0.3, -0.25) is 9.59 Å². The van der Waals surface area contributed by atoms with E-state index < -0.39 is 5.66 Å². The fourth-order valence-electron chi connectivity index (χ4n) is 5.09. The van der Waals surface area contributed by atoms with Gasteiger partial charge < -0.3 is 25.0 Å². The summed E-state index contributed by atoms with van der Waals surface area (Å²) in [6, 6.07) is 15.3. The number of anilines is 1. The van der Waals surface area contributed by atoms with Crippen molar-refractivity contribution < 1.29 is 19.1 Å². The van der Waals surface area contributed by atoms with Crippen molar-refractivity contribution in [3.63, 3.8) is 0 Å². The van der Waals surface area contributed by atoms with Crippen molar-refractivity contribution in [1.29, 1.82) is 0 Å². The van der Waals surface area contributed by atoms with Crippen LogP contribution >= 0.6 is 0 Å². The van der Waals surface area contributed by atoms with Gasteiger partial charge in [0.1, 0.15) is 11.4 Å². The summed E-state index contributed by atoms with van der Waals surface area (Å²) in [7, 11) is 0. The Bertz CT molecular complexity index is 1010. The van der Waals surface area contributed by atoms with E-state index in [0.717, 1.165) is 29.8 Å². The van der Waals surface area contributed by atoms with E-state index in [1.54, 1.807) is 0 Å². The lowest BCUT2D eigenvalue weighted by Crippen LogP contribution is -2.59. The highest BCUT2D eigenvalue weighted by atomic mass is 16.5. The zero-order valence-corrected chi connectivity index (χ0v) is 18.4. The first kappa shape index (κ1) is 20.8. The average molecular weight is 436 g/mol. The minimum Gasteiger partial charge on any atom is -0.494 e. The number of hydrogen-bond acceptors (Lipinski definition) is 5. The highest BCUT2D eigenvalue weighted by molar-refractivity contribution is 6.02. The minimum atomic E-state index is -0.583. The van der Waals surface area contributed by atoms with Crippen LogP contribution in [0.2, 0.25) is 0 Å². The first-order chi connectivity index (χ1) is 15.5. The van der Waals surface area contributed by atoms with E-state index in [1.807, 2.05) is 60.4 Å². The maximum absolute atomic E-state index is 12.8. The molecule has 5 rings (SSSR count). The lowest BCUT2D eigenvalue weighted by atomic mass is 9.84. The number of likely N-dealkylation sites (tertiary alicyclic amines) is 1. The number of para-hydroxylation sites is 1. The summed E-state index contributed by atoms with van der Waals surface area (Å²) < 4.78 is 11.8. The number of nitrogens with one attached hydrogen (secondary N) is 2. The SMILES string of the molecule is CCOc1ccc(CC(=O)N2CCC3(CC2)C[C@@]2(CO3)NC(=O)c3ccccc3N2)cc1. The third-order valence-corrected chi connectivity index (χ3v) is 6.76. The van der Waals surface area contributed by atoms with Crippen LogP contribution in [0.25, 0.3) is 0 Å². The van der Waals surface area contributed by atoms with E-state index in [2.05, 4.69) is 10.6 Å². The molecule has 0 unspecified atom stereocenters. The number of benzene rings is 2. The Kier molecular flexibility index (Phi) is 5.29. The number of rotatable bonds is 4. The van der Waals surface area contributed by atoms with E-state index in [4.69, 9.17) is 9.47 Å². The van der Waals surface area contributed by atoms with Crippen LogP contribution < -0.4 is 15.4 Å². The second-order valence-electron chi connectivity index (χ2n) is 8.99. The van der Waals surface area contributed by atoms with Crippen molar-refractivity contribution in [2.24, 2.45) is 0 Å². The normalized spacial score (nSPS) is 23.5. The van der Waals surface area contributed by atoms with Gasteiger partial charge >= 0.3 is 0 Å². The molecule has 1 atom stereocenters. The van der Waals surface area contributed by atoms with Crippen molar-refractivity contribution >= 4 is 17.5 Å². The Morgan fingerprint density at radius 2 is 1.84 bits per heavy atom. The molecule has 0 bridgehead atoms. The first-order valence-electron chi connectivity index (χ1n) is 11.3. The van der Waals surface area contributed by atoms with Crippen LogP contribution in [0.15, 0.2) is 48.5 Å². The molecule has 2 saturated heterocycles. The summed E-state index contributed by atoms with van der Waals surface area (Å²) >= 11 is 0. The molecular formula is C25H29N3O4. The van der Waals surface area contributed by atoms with Crippen molar-refractivity contribution in [2.45, 2.75) is 43.9 Å². The maximum Gasteiger partial charge on any atom is 0.255 e. The van der Waals surface area contributed by atoms with Crippen molar-refractivity contribution in [3.05, 3.63) is 59.7 Å². The topological polar surface area (TPSA) is 79.9 Å². The van der Waals surface area contributed by atoms with Crippen LogP contribution in [0.1, 0.15) is 42.1 Å². The van der Waals surface area contributed by atoms with E-state index in [0.29, 0.717) is 44.7 Å². The van der Waals surface area contributed by atoms with Crippen LogP contribution in [-0.2, 0) is 16.0 Å². The smallest absolute Gasteiger partial charge is 0.255 e. The van der Waals surface area contributed by atoms with Gasteiger partial charge in [-0.25, -0.2) is 0 Å². The monoisotopic (exact) mass is 435 g/mol. The minimum absolute atomic E-state index is 0.0667. The van der Waals surface area contributed by atoms with E-state index in [-0.39, 0.29) is 17.4 Å². The standard InChI is InChI=1S/C25H29N3O4/c1-2-31-19-9-7-18(8-10-19)15-22(29)28-13-11-24(12-14-28)16-25(17-32-24)26-21-6-4-3-5-20(21)23(30)27-25/h3-10,26H,2,11-17H2,1H3,(H,27,30)/t25-/m0/s1. The summed E-state index contributed by atoms with van der Waals surface area (Å²) in [5.74, 6) is 0.889. The van der Waals surface area contributed by atoms with Crippen LogP contribution in [0.3, 0.4) is 0 Å². The molecule has 0 aliphatic carbocycles. The van der Waals surface area contributed by atoms with Crippen LogP contribution in [0.5, 0.6) is 5.75 Å². The fraction of sp³-hybridized carbons (Fsp3) is 0.440. The van der Waals surface area contributed by atoms with Gasteiger partial charge in [-0.05, 0) is 49.6 Å². The molecule has 2 N–H and O–H groups in total. The summed E-state index contributed by atoms with van der Waals surface area (Å²) in [5.41, 5.74) is 1.60. The number of hydrogen-bond donors (Lipinski definition) is 2. The van der Waals surface area contributed by atoms with Crippen molar-refractivity contribution in [3.8, 4) is 5.75 Å². The van der Waals surface area contributed by atoms with Gasteiger partial charge in [-0.1, -0.05) is 24.3 Å². The Hall–Kier alpha value is -3.06. The van der Waals surface area contributed by atoms with Crippen LogP contribution in [0, 0.1) is 0 Å². The zero-order valence-electron chi connectivity index (χ0n) is 18.4. The molecule has 2 spiro atoms. The molecule has 2 fully saturated rings. The molecule has 0 radical (unpaired) electrons. The molecule has 3 aliphatic rings. The molecule has 32 heavy (non-hydrogen) atoms. The second kappa shape index (κ2) is 8.13. The molecule has 0 saturated carbocycles. The van der Waals surface area contributed by atoms with Gasteiger partial charge in [-0.2, -0.15) is 0 Å². The van der Waals surface area contributed by atoms with Gasteiger partial charge in [-0.15, -0.1) is 0 Å². The second-order valence-corrected chi connectivity index (χ2v) is 8.99. The molecule has 3 heterocycles. The summed E-state index contributed by atoms with van der Waals surface area (Å²) in [6.07, 6.45) is 2.62. The van der Waals surface area contributed by atoms with E-state index >= 15 is 0 Å². The highest BCUT2D eigenvalue weighted by Gasteiger charge is 2.53. The molecule has 7 heteroatoms. The van der Waals surface area contributed by atoms with Gasteiger partial charge in [0, 0.05) is 25.2 Å². The van der Waals surface area contributed by atoms with E-state index in [9.17, 15) is 9.59 Å². The first-order valence-corrected chi connectivity index (χ1v) is 11.3. The zero-order chi connectivity index (χ0) is 22.2. The molecule has 0 aromatic heterocycles. The van der Waals surface area contributed by atoms with Gasteiger partial charge in [0.15, 0.2) is 0 Å². The number of piperidine rings is 1. The van der Waals surface area contributed by atoms with Gasteiger partial charge in [0.05, 0.1) is 30.8 Å². The Balaban J connectivity index is 1.19. The summed E-state index contributed by atoms with van der Waals surface area (Å²) in [4.78, 5) is 27.4. The number of carbonyl (C=O) groups is 2. The third-order valence-electron chi connectivity index (χ3n) is 6.76. The molecule has 168 valence electrons. The quantitative estimate of drug-likeness (QED) is 0.772. The molecule has 2 aromatic rings. The Morgan fingerprint density at radius 3 is 2.59 bits per heavy atom. The summed E-state index contributed by atoms with van der Waals surface area (Å²) in [5, 5.41) is 6.64. The van der Waals surface area contributed by atoms with Crippen molar-refractivity contribution in [1.82, 2.24) is 10.2 Å². The Labute approximate surface area is 188 Å². The number of fused-ring (bicyclic) bond motifs is 1. The van der Waals surface area contributed by atoms with Crippen molar-refractivity contribution in [2.75, 3.05) is 31.6 Å². The predicted octanol–water partition coefficient (Wildman–Crippen LogP) is 2.96. The largest absolute Gasteiger partial charge is 0.494 e. The molecular weight excluding hydrogens is 406 g/mol. The predicted molar refractivity (Wildman–Crippen MR) is 121 cm³/mol. The molecule has 2 amide bonds. The van der Waals surface area contributed by atoms with Crippen LogP contribution in [-0.4, -0.2) is 54.3 Å². The molecule has 2 aromatic carbocycles. The third kappa shape index (κ3) is 3.93. The maximum atomic E-state index is 12.8. The number of nitrogens with zero attached hydrogens (tertiary/aromatic N) is 1. The van der Waals surface area contributed by atoms with Gasteiger partial charge in [0.2, 0.25) is 5.91 Å². The average Bonchev–Trinajstić information content (AvgIpc) is 3.12. The highest BCUT2D eigenvalue weighted by Crippen LogP contribution is 2.42. The summed E-state index contributed by atoms with van der Waals surface area (Å²) in [6.45, 7) is 4.33. The fourth-order valence-corrected chi connectivity index (χ4v) is 5.09. The molecule has 3 aliphatic heterocycles. The number of carbonyl (C=O) groups excluding carboxylic acids is 2.